The molecular weight excluding hydrogens is 246 g/mol. The third-order valence-electron chi connectivity index (χ3n) is 3.98. The van der Waals surface area contributed by atoms with Crippen molar-refractivity contribution in [1.82, 2.24) is 5.32 Å². The van der Waals surface area contributed by atoms with Crippen LogP contribution in [0.4, 0.5) is 0 Å². The lowest BCUT2D eigenvalue weighted by Crippen LogP contribution is -2.43. The largest absolute Gasteiger partial charge is 0.312 e. The van der Waals surface area contributed by atoms with Crippen LogP contribution < -0.4 is 5.32 Å². The molecule has 1 fully saturated rings. The standard InChI is InChI=1S/C14H25NS2/c1-10-11(2)17-13(9-16-10)14(15-3)12-7-5-4-6-8-12/h7,10-11,13-15H,4-6,8-9H2,1-3H3. The smallest absolute Gasteiger partial charge is 0.0405 e. The predicted octanol–water partition coefficient (Wildman–Crippen LogP) is 3.70. The van der Waals surface area contributed by atoms with E-state index in [1.165, 1.54) is 31.4 Å². The second-order valence-electron chi connectivity index (χ2n) is 5.21. The number of nitrogens with one attached hydrogen (secondary N) is 1. The summed E-state index contributed by atoms with van der Waals surface area (Å²) in [5, 5.41) is 5.94. The summed E-state index contributed by atoms with van der Waals surface area (Å²) in [6.07, 6.45) is 7.89. The molecule has 0 spiro atoms. The molecule has 1 aliphatic carbocycles. The van der Waals surface area contributed by atoms with Crippen molar-refractivity contribution in [2.75, 3.05) is 12.8 Å². The molecule has 0 saturated carbocycles. The third kappa shape index (κ3) is 3.45. The first-order valence-corrected chi connectivity index (χ1v) is 8.84. The lowest BCUT2D eigenvalue weighted by atomic mass is 9.92. The average Bonchev–Trinajstić information content (AvgIpc) is 2.36. The van der Waals surface area contributed by atoms with E-state index in [1.807, 2.05) is 0 Å². The van der Waals surface area contributed by atoms with Crippen LogP contribution in [0.15, 0.2) is 11.6 Å². The van der Waals surface area contributed by atoms with Crippen LogP contribution in [-0.4, -0.2) is 34.6 Å². The van der Waals surface area contributed by atoms with Crippen LogP contribution in [0.25, 0.3) is 0 Å². The van der Waals surface area contributed by atoms with Crippen LogP contribution in [0.3, 0.4) is 0 Å². The Balaban J connectivity index is 2.00. The molecule has 1 N–H and O–H groups in total. The fourth-order valence-electron chi connectivity index (χ4n) is 2.74. The minimum Gasteiger partial charge on any atom is -0.312 e. The van der Waals surface area contributed by atoms with E-state index in [0.717, 1.165) is 15.7 Å². The molecule has 0 bridgehead atoms. The number of hydrogen-bond acceptors (Lipinski definition) is 3. The minimum absolute atomic E-state index is 0.614. The molecule has 0 amide bonds. The van der Waals surface area contributed by atoms with Gasteiger partial charge in [-0.25, -0.2) is 0 Å². The van der Waals surface area contributed by atoms with Crippen LogP contribution in [0.1, 0.15) is 39.5 Å². The molecule has 4 unspecified atom stereocenters. The van der Waals surface area contributed by atoms with E-state index in [4.69, 9.17) is 0 Å². The van der Waals surface area contributed by atoms with Gasteiger partial charge in [0.25, 0.3) is 0 Å². The van der Waals surface area contributed by atoms with Gasteiger partial charge in [0.15, 0.2) is 0 Å². The van der Waals surface area contributed by atoms with Gasteiger partial charge in [0.05, 0.1) is 0 Å². The predicted molar refractivity (Wildman–Crippen MR) is 82.2 cm³/mol. The Hall–Kier alpha value is 0.400. The van der Waals surface area contributed by atoms with Crippen LogP contribution in [0.5, 0.6) is 0 Å². The van der Waals surface area contributed by atoms with Gasteiger partial charge in [-0.15, -0.1) is 0 Å². The van der Waals surface area contributed by atoms with Crippen LogP contribution in [0, 0.1) is 0 Å². The lowest BCUT2D eigenvalue weighted by Gasteiger charge is -2.37. The molecule has 1 aliphatic heterocycles. The Morgan fingerprint density at radius 1 is 1.29 bits per heavy atom. The molecule has 1 heterocycles. The van der Waals surface area contributed by atoms with Gasteiger partial charge in [0.1, 0.15) is 0 Å². The van der Waals surface area contributed by atoms with Crippen molar-refractivity contribution in [1.29, 1.82) is 0 Å². The Morgan fingerprint density at radius 3 is 2.71 bits per heavy atom. The molecule has 1 saturated heterocycles. The van der Waals surface area contributed by atoms with Gasteiger partial charge in [-0.3, -0.25) is 0 Å². The molecule has 0 aromatic heterocycles. The molecule has 98 valence electrons. The molecule has 3 heteroatoms. The van der Waals surface area contributed by atoms with Crippen LogP contribution >= 0.6 is 23.5 Å². The Bertz CT molecular complexity index is 277. The summed E-state index contributed by atoms with van der Waals surface area (Å²) in [5.41, 5.74) is 1.68. The second kappa shape index (κ2) is 6.53. The van der Waals surface area contributed by atoms with Crippen molar-refractivity contribution >= 4 is 23.5 Å². The highest BCUT2D eigenvalue weighted by atomic mass is 32.2. The van der Waals surface area contributed by atoms with Gasteiger partial charge >= 0.3 is 0 Å². The summed E-state index contributed by atoms with van der Waals surface area (Å²) in [5.74, 6) is 1.30. The number of hydrogen-bond donors (Lipinski definition) is 1. The first-order valence-electron chi connectivity index (χ1n) is 6.85. The summed E-state index contributed by atoms with van der Waals surface area (Å²) in [6, 6.07) is 0.614. The third-order valence-corrected chi connectivity index (χ3v) is 7.48. The maximum absolute atomic E-state index is 3.57. The van der Waals surface area contributed by atoms with E-state index in [2.05, 4.69) is 55.8 Å². The Kier molecular flexibility index (Phi) is 5.31. The Labute approximate surface area is 115 Å². The van der Waals surface area contributed by atoms with E-state index in [9.17, 15) is 0 Å². The summed E-state index contributed by atoms with van der Waals surface area (Å²) in [6.45, 7) is 4.75. The average molecular weight is 271 g/mol. The van der Waals surface area contributed by atoms with Crippen molar-refractivity contribution in [2.24, 2.45) is 0 Å². The number of thioether (sulfide) groups is 2. The van der Waals surface area contributed by atoms with Gasteiger partial charge in [-0.2, -0.15) is 23.5 Å². The van der Waals surface area contributed by atoms with E-state index in [-0.39, 0.29) is 0 Å². The highest BCUT2D eigenvalue weighted by Gasteiger charge is 2.32. The van der Waals surface area contributed by atoms with Crippen molar-refractivity contribution in [2.45, 2.75) is 61.3 Å². The summed E-state index contributed by atoms with van der Waals surface area (Å²) in [7, 11) is 2.13. The van der Waals surface area contributed by atoms with Crippen molar-refractivity contribution in [3.05, 3.63) is 11.6 Å². The van der Waals surface area contributed by atoms with Crippen molar-refractivity contribution < 1.29 is 0 Å². The maximum atomic E-state index is 3.57. The molecule has 2 aliphatic rings. The van der Waals surface area contributed by atoms with Gasteiger partial charge < -0.3 is 5.32 Å². The number of likely N-dealkylation sites (N-methyl/N-ethyl adjacent to an activating group) is 1. The summed E-state index contributed by atoms with van der Waals surface area (Å²) in [4.78, 5) is 0. The van der Waals surface area contributed by atoms with E-state index in [0.29, 0.717) is 6.04 Å². The molecule has 0 radical (unpaired) electrons. The van der Waals surface area contributed by atoms with E-state index in [1.54, 1.807) is 5.57 Å². The van der Waals surface area contributed by atoms with Gasteiger partial charge in [-0.05, 0) is 32.7 Å². The SMILES string of the molecule is CNC(C1=CCCCC1)C1CSC(C)C(C)S1. The molecule has 0 aromatic carbocycles. The topological polar surface area (TPSA) is 12.0 Å². The summed E-state index contributed by atoms with van der Waals surface area (Å²) >= 11 is 4.35. The van der Waals surface area contributed by atoms with Gasteiger partial charge in [0, 0.05) is 27.5 Å². The molecule has 17 heavy (non-hydrogen) atoms. The zero-order valence-electron chi connectivity index (χ0n) is 11.2. The second-order valence-corrected chi connectivity index (χ2v) is 8.24. The van der Waals surface area contributed by atoms with Crippen LogP contribution in [-0.2, 0) is 0 Å². The monoisotopic (exact) mass is 271 g/mol. The zero-order valence-corrected chi connectivity index (χ0v) is 12.9. The van der Waals surface area contributed by atoms with Crippen LogP contribution in [0.2, 0.25) is 0 Å². The fraction of sp³-hybridized carbons (Fsp3) is 0.857. The number of rotatable bonds is 3. The first kappa shape index (κ1) is 13.8. The molecular formula is C14H25NS2. The highest BCUT2D eigenvalue weighted by molar-refractivity contribution is 8.07. The molecule has 0 aromatic rings. The summed E-state index contributed by atoms with van der Waals surface area (Å²) < 4.78 is 0. The van der Waals surface area contributed by atoms with Crippen molar-refractivity contribution in [3.63, 3.8) is 0 Å². The molecule has 1 nitrogen and oxygen atoms in total. The number of allylic oxidation sites excluding steroid dienone is 1. The first-order chi connectivity index (χ1) is 8.22. The minimum atomic E-state index is 0.614. The lowest BCUT2D eigenvalue weighted by molar-refractivity contribution is 0.567. The van der Waals surface area contributed by atoms with Crippen molar-refractivity contribution in [3.8, 4) is 0 Å². The van der Waals surface area contributed by atoms with E-state index >= 15 is 0 Å². The molecule has 4 atom stereocenters. The Morgan fingerprint density at radius 2 is 2.12 bits per heavy atom. The zero-order chi connectivity index (χ0) is 12.3. The van der Waals surface area contributed by atoms with Gasteiger partial charge in [-0.1, -0.05) is 25.5 Å². The quantitative estimate of drug-likeness (QED) is 0.786. The van der Waals surface area contributed by atoms with E-state index < -0.39 is 0 Å². The highest BCUT2D eigenvalue weighted by Crippen LogP contribution is 2.39. The normalized spacial score (nSPS) is 36.4. The van der Waals surface area contributed by atoms with Gasteiger partial charge in [0.2, 0.25) is 0 Å². The maximum Gasteiger partial charge on any atom is 0.0405 e. The molecule has 2 rings (SSSR count). The fourth-order valence-corrected chi connectivity index (χ4v) is 5.91.